The molecule has 0 aromatic rings. The van der Waals surface area contributed by atoms with Crippen LogP contribution in [-0.4, -0.2) is 0 Å². The Kier molecular flexibility index (Phi) is 2.96. The van der Waals surface area contributed by atoms with Gasteiger partial charge in [-0.2, -0.15) is 0 Å². The number of rotatable bonds is 1. The lowest BCUT2D eigenvalue weighted by molar-refractivity contribution is 0.108. The van der Waals surface area contributed by atoms with Gasteiger partial charge < -0.3 is 0 Å². The second kappa shape index (κ2) is 4.02. The minimum absolute atomic E-state index is 0.933. The molecule has 0 spiro atoms. The summed E-state index contributed by atoms with van der Waals surface area (Å²) in [6.07, 6.45) is 10.8. The Bertz CT molecular complexity index is 159. The Labute approximate surface area is 83.1 Å². The molecule has 0 unspecified atom stereocenters. The second-order valence-corrected chi connectivity index (χ2v) is 5.62. The molecule has 3 atom stereocenters. The van der Waals surface area contributed by atoms with E-state index in [2.05, 4.69) is 13.8 Å². The minimum atomic E-state index is 0.933. The lowest BCUT2D eigenvalue weighted by Crippen LogP contribution is -2.29. The Morgan fingerprint density at radius 2 is 1.54 bits per heavy atom. The van der Waals surface area contributed by atoms with E-state index >= 15 is 0 Å². The van der Waals surface area contributed by atoms with Gasteiger partial charge in [-0.15, -0.1) is 0 Å². The van der Waals surface area contributed by atoms with E-state index in [1.165, 1.54) is 19.3 Å². The van der Waals surface area contributed by atoms with Gasteiger partial charge in [-0.05, 0) is 42.9 Å². The first-order chi connectivity index (χ1) is 6.27. The molecule has 0 heteroatoms. The smallest absolute Gasteiger partial charge is 0.0383 e. The second-order valence-electron chi connectivity index (χ2n) is 5.62. The van der Waals surface area contributed by atoms with E-state index in [1.807, 2.05) is 0 Å². The lowest BCUT2D eigenvalue weighted by Gasteiger charge is -2.40. The first-order valence-corrected chi connectivity index (χ1v) is 6.27. The zero-order valence-corrected chi connectivity index (χ0v) is 9.26. The Balaban J connectivity index is 1.91. The molecule has 2 saturated carbocycles. The Hall–Kier alpha value is 0. The molecule has 0 aromatic carbocycles. The van der Waals surface area contributed by atoms with E-state index in [0.29, 0.717) is 0 Å². The van der Waals surface area contributed by atoms with Gasteiger partial charge in [0, 0.05) is 0 Å². The van der Waals surface area contributed by atoms with Gasteiger partial charge in [0.05, 0.1) is 0 Å². The molecule has 0 nitrogen and oxygen atoms in total. The van der Waals surface area contributed by atoms with Gasteiger partial charge in [-0.1, -0.05) is 39.5 Å². The molecule has 2 aliphatic rings. The first-order valence-electron chi connectivity index (χ1n) is 6.27. The van der Waals surface area contributed by atoms with Crippen LogP contribution in [0.2, 0.25) is 0 Å². The maximum atomic E-state index is 2.41. The van der Waals surface area contributed by atoms with Gasteiger partial charge in [-0.3, -0.25) is 0 Å². The van der Waals surface area contributed by atoms with Gasteiger partial charge in [0.25, 0.3) is 0 Å². The fourth-order valence-corrected chi connectivity index (χ4v) is 3.52. The number of hydrogen-bond donors (Lipinski definition) is 0. The van der Waals surface area contributed by atoms with Gasteiger partial charge in [0.2, 0.25) is 0 Å². The molecule has 0 aliphatic heterocycles. The van der Waals surface area contributed by atoms with E-state index in [9.17, 15) is 0 Å². The first kappa shape index (κ1) is 9.55. The third-order valence-corrected chi connectivity index (χ3v) is 4.52. The molecule has 0 heterocycles. The predicted octanol–water partition coefficient (Wildman–Crippen LogP) is 4.25. The van der Waals surface area contributed by atoms with Crippen molar-refractivity contribution in [2.75, 3.05) is 0 Å². The molecule has 76 valence electrons. The summed E-state index contributed by atoms with van der Waals surface area (Å²) < 4.78 is 0. The third-order valence-electron chi connectivity index (χ3n) is 4.52. The van der Waals surface area contributed by atoms with E-state index in [4.69, 9.17) is 0 Å². The predicted molar refractivity (Wildman–Crippen MR) is 57.6 cm³/mol. The summed E-state index contributed by atoms with van der Waals surface area (Å²) in [5, 5.41) is 0. The van der Waals surface area contributed by atoms with Crippen molar-refractivity contribution in [3.63, 3.8) is 0 Å². The average Bonchev–Trinajstić information content (AvgIpc) is 2.17. The quantitative estimate of drug-likeness (QED) is 0.566. The number of fused-ring (bicyclic) bond motifs is 1. The van der Waals surface area contributed by atoms with E-state index in [1.54, 1.807) is 25.7 Å². The van der Waals surface area contributed by atoms with Gasteiger partial charge in [-0.25, -0.2) is 0 Å². The van der Waals surface area contributed by atoms with Gasteiger partial charge >= 0.3 is 0 Å². The minimum Gasteiger partial charge on any atom is -0.0625 e. The maximum absolute atomic E-state index is 2.41. The third kappa shape index (κ3) is 2.08. The van der Waals surface area contributed by atoms with E-state index in [-0.39, 0.29) is 0 Å². The van der Waals surface area contributed by atoms with Crippen LogP contribution in [0.15, 0.2) is 0 Å². The molecule has 2 rings (SSSR count). The highest BCUT2D eigenvalue weighted by Crippen LogP contribution is 2.44. The van der Waals surface area contributed by atoms with Crippen LogP contribution in [-0.2, 0) is 0 Å². The number of hydrogen-bond acceptors (Lipinski definition) is 0. The van der Waals surface area contributed by atoms with Crippen molar-refractivity contribution in [2.45, 2.75) is 58.8 Å². The zero-order valence-electron chi connectivity index (χ0n) is 9.26. The highest BCUT2D eigenvalue weighted by Gasteiger charge is 2.32. The van der Waals surface area contributed by atoms with Crippen LogP contribution in [0.5, 0.6) is 0 Å². The molecule has 13 heavy (non-hydrogen) atoms. The SMILES string of the molecule is CC(C)[C@@H]1CC[C@@H]2CCCC[C@H]2C1. The molecule has 0 saturated heterocycles. The Morgan fingerprint density at radius 1 is 0.846 bits per heavy atom. The lowest BCUT2D eigenvalue weighted by atomic mass is 9.65. The molecule has 2 fully saturated rings. The summed E-state index contributed by atoms with van der Waals surface area (Å²) in [6, 6.07) is 0. The average molecular weight is 180 g/mol. The van der Waals surface area contributed by atoms with E-state index in [0.717, 1.165) is 23.7 Å². The molecule has 0 amide bonds. The summed E-state index contributed by atoms with van der Waals surface area (Å²) in [7, 11) is 0. The summed E-state index contributed by atoms with van der Waals surface area (Å²) in [6.45, 7) is 4.82. The standard InChI is InChI=1S/C13H24/c1-10(2)12-8-7-11-5-3-4-6-13(11)9-12/h10-13H,3-9H2,1-2H3/t11-,12+,13-/m0/s1. The summed E-state index contributed by atoms with van der Waals surface area (Å²) in [4.78, 5) is 0. The van der Waals surface area contributed by atoms with Crippen molar-refractivity contribution < 1.29 is 0 Å². The van der Waals surface area contributed by atoms with Crippen LogP contribution >= 0.6 is 0 Å². The summed E-state index contributed by atoms with van der Waals surface area (Å²) in [5.41, 5.74) is 0. The monoisotopic (exact) mass is 180 g/mol. The molecule has 0 radical (unpaired) electrons. The van der Waals surface area contributed by atoms with Crippen molar-refractivity contribution in [1.82, 2.24) is 0 Å². The zero-order chi connectivity index (χ0) is 9.26. The Morgan fingerprint density at radius 3 is 2.23 bits per heavy atom. The molecular formula is C13H24. The summed E-state index contributed by atoms with van der Waals surface area (Å²) >= 11 is 0. The maximum Gasteiger partial charge on any atom is -0.0383 e. The normalized spacial score (nSPS) is 40.4. The van der Waals surface area contributed by atoms with Crippen molar-refractivity contribution in [3.05, 3.63) is 0 Å². The van der Waals surface area contributed by atoms with E-state index < -0.39 is 0 Å². The molecule has 0 aromatic heterocycles. The van der Waals surface area contributed by atoms with Crippen molar-refractivity contribution in [1.29, 1.82) is 0 Å². The molecule has 0 bridgehead atoms. The van der Waals surface area contributed by atoms with Crippen LogP contribution in [0.4, 0.5) is 0 Å². The fraction of sp³-hybridized carbons (Fsp3) is 1.00. The van der Waals surface area contributed by atoms with Crippen molar-refractivity contribution >= 4 is 0 Å². The van der Waals surface area contributed by atoms with Crippen LogP contribution < -0.4 is 0 Å². The molecule has 0 N–H and O–H groups in total. The van der Waals surface area contributed by atoms with Crippen LogP contribution in [0.1, 0.15) is 58.8 Å². The summed E-state index contributed by atoms with van der Waals surface area (Å²) in [5.74, 6) is 4.24. The van der Waals surface area contributed by atoms with Crippen molar-refractivity contribution in [2.24, 2.45) is 23.7 Å². The fourth-order valence-electron chi connectivity index (χ4n) is 3.52. The highest BCUT2D eigenvalue weighted by atomic mass is 14.4. The van der Waals surface area contributed by atoms with Crippen LogP contribution in [0, 0.1) is 23.7 Å². The van der Waals surface area contributed by atoms with Crippen LogP contribution in [0.3, 0.4) is 0 Å². The molecule has 2 aliphatic carbocycles. The van der Waals surface area contributed by atoms with Crippen molar-refractivity contribution in [3.8, 4) is 0 Å². The topological polar surface area (TPSA) is 0 Å². The molecular weight excluding hydrogens is 156 g/mol. The van der Waals surface area contributed by atoms with Gasteiger partial charge in [0.1, 0.15) is 0 Å². The highest BCUT2D eigenvalue weighted by molar-refractivity contribution is 4.83. The van der Waals surface area contributed by atoms with Gasteiger partial charge in [0.15, 0.2) is 0 Å². The van der Waals surface area contributed by atoms with Crippen LogP contribution in [0.25, 0.3) is 0 Å². The largest absolute Gasteiger partial charge is 0.0625 e.